The van der Waals surface area contributed by atoms with Gasteiger partial charge in [0.25, 0.3) is 11.6 Å². The van der Waals surface area contributed by atoms with E-state index in [9.17, 15) is 29.9 Å². The van der Waals surface area contributed by atoms with Gasteiger partial charge in [-0.2, -0.15) is 0 Å². The number of aliphatic hydroxyl groups is 1. The molecule has 34 heavy (non-hydrogen) atoms. The van der Waals surface area contributed by atoms with Gasteiger partial charge in [0.15, 0.2) is 0 Å². The van der Waals surface area contributed by atoms with E-state index < -0.39 is 28.4 Å². The number of carboxylic acids is 1. The van der Waals surface area contributed by atoms with Crippen LogP contribution in [0.1, 0.15) is 41.8 Å². The van der Waals surface area contributed by atoms with E-state index in [1.807, 2.05) is 38.1 Å². The van der Waals surface area contributed by atoms with E-state index in [1.165, 1.54) is 23.1 Å². The van der Waals surface area contributed by atoms with Gasteiger partial charge in [-0.3, -0.25) is 25.3 Å². The van der Waals surface area contributed by atoms with Crippen LogP contribution in [0.2, 0.25) is 0 Å². The van der Waals surface area contributed by atoms with Crippen molar-refractivity contribution in [3.63, 3.8) is 0 Å². The number of benzene rings is 2. The fourth-order valence-electron chi connectivity index (χ4n) is 4.51. The van der Waals surface area contributed by atoms with E-state index >= 15 is 0 Å². The van der Waals surface area contributed by atoms with Gasteiger partial charge in [0, 0.05) is 18.7 Å². The molecule has 4 rings (SSSR count). The second-order valence-electron chi connectivity index (χ2n) is 8.72. The number of nitrogens with one attached hydrogen (secondary N) is 1. The Balaban J connectivity index is 1.80. The first-order valence-electron chi connectivity index (χ1n) is 11.0. The lowest BCUT2D eigenvalue weighted by molar-refractivity contribution is -0.384. The third-order valence-corrected chi connectivity index (χ3v) is 6.63. The number of non-ortho nitro benzene ring substituents is 1. The number of nitro groups is 1. The zero-order valence-electron chi connectivity index (χ0n) is 18.9. The number of carbonyl (C=O) groups excluding carboxylic acids is 1. The molecule has 2 aromatic carbocycles. The lowest BCUT2D eigenvalue weighted by atomic mass is 9.93. The van der Waals surface area contributed by atoms with Crippen molar-refractivity contribution < 1.29 is 24.7 Å². The maximum absolute atomic E-state index is 13.9. The molecular formula is C24H26N4O6. The molecule has 1 amide bonds. The molecule has 0 spiro atoms. The monoisotopic (exact) mass is 466 g/mol. The Morgan fingerprint density at radius 3 is 2.56 bits per heavy atom. The van der Waals surface area contributed by atoms with Crippen molar-refractivity contribution in [2.45, 2.75) is 44.8 Å². The molecule has 2 aromatic rings. The molecular weight excluding hydrogens is 440 g/mol. The second kappa shape index (κ2) is 8.79. The number of nitro benzene ring substituents is 1. The molecule has 2 unspecified atom stereocenters. The molecule has 0 saturated heterocycles. The highest BCUT2D eigenvalue weighted by molar-refractivity contribution is 6.01. The van der Waals surface area contributed by atoms with E-state index in [0.29, 0.717) is 18.5 Å². The topological polar surface area (TPSA) is 136 Å². The summed E-state index contributed by atoms with van der Waals surface area (Å²) >= 11 is 0. The van der Waals surface area contributed by atoms with Crippen molar-refractivity contribution in [2.75, 3.05) is 11.6 Å². The number of amides is 1. The lowest BCUT2D eigenvalue weighted by Gasteiger charge is -2.39. The largest absolute Gasteiger partial charge is 0.477 e. The molecule has 0 saturated carbocycles. The van der Waals surface area contributed by atoms with Gasteiger partial charge in [-0.15, -0.1) is 0 Å². The summed E-state index contributed by atoms with van der Waals surface area (Å²) in [6, 6.07) is 11.1. The summed E-state index contributed by atoms with van der Waals surface area (Å²) in [6.07, 6.45) is 2.54. The Labute approximate surface area is 196 Å². The summed E-state index contributed by atoms with van der Waals surface area (Å²) < 4.78 is 0. The van der Waals surface area contributed by atoms with E-state index in [0.717, 1.165) is 11.1 Å². The average Bonchev–Trinajstić information content (AvgIpc) is 3.20. The van der Waals surface area contributed by atoms with Crippen LogP contribution in [0.4, 0.5) is 11.4 Å². The molecule has 0 fully saturated rings. The van der Waals surface area contributed by atoms with Crippen LogP contribution in [0, 0.1) is 10.1 Å². The first-order chi connectivity index (χ1) is 16.2. The molecule has 2 aliphatic heterocycles. The molecule has 0 aliphatic carbocycles. The van der Waals surface area contributed by atoms with Gasteiger partial charge in [-0.1, -0.05) is 31.2 Å². The molecule has 2 heterocycles. The smallest absolute Gasteiger partial charge is 0.353 e. The standard InChI is InChI=1S/C24H26N4O6/c1-3-24(2)12-20(23(31)32)25-27(24)21-9-8-17(28(33)34)11-19(21)22(30)26-13-16-7-5-4-6-15(16)10-18(26)14-29/h4-9,11-12,18,25,29H,3,10,13-14H2,1-2H3,(H,31,32). The van der Waals surface area contributed by atoms with Gasteiger partial charge in [0.05, 0.1) is 34.4 Å². The zero-order chi connectivity index (χ0) is 24.6. The molecule has 0 radical (unpaired) electrons. The number of nitrogens with zero attached hydrogens (tertiary/aromatic N) is 3. The van der Waals surface area contributed by atoms with Crippen molar-refractivity contribution in [1.82, 2.24) is 10.3 Å². The van der Waals surface area contributed by atoms with E-state index in [4.69, 9.17) is 0 Å². The number of carbonyl (C=O) groups is 2. The third-order valence-electron chi connectivity index (χ3n) is 6.63. The number of rotatable bonds is 6. The minimum atomic E-state index is -1.15. The fourth-order valence-corrected chi connectivity index (χ4v) is 4.51. The quantitative estimate of drug-likeness (QED) is 0.437. The molecule has 3 N–H and O–H groups in total. The Morgan fingerprint density at radius 1 is 1.24 bits per heavy atom. The number of hydrazine groups is 1. The van der Waals surface area contributed by atoms with Crippen molar-refractivity contribution >= 4 is 23.3 Å². The van der Waals surface area contributed by atoms with E-state index in [1.54, 1.807) is 11.1 Å². The first-order valence-corrected chi connectivity index (χ1v) is 11.0. The molecule has 0 aromatic heterocycles. The summed E-state index contributed by atoms with van der Waals surface area (Å²) in [7, 11) is 0. The lowest BCUT2D eigenvalue weighted by Crippen LogP contribution is -2.50. The maximum atomic E-state index is 13.9. The Bertz CT molecular complexity index is 1200. The second-order valence-corrected chi connectivity index (χ2v) is 8.72. The van der Waals surface area contributed by atoms with Crippen LogP contribution in [0.25, 0.3) is 0 Å². The van der Waals surface area contributed by atoms with Gasteiger partial charge in [-0.25, -0.2) is 4.79 Å². The average molecular weight is 466 g/mol. The van der Waals surface area contributed by atoms with Crippen molar-refractivity contribution in [3.8, 4) is 0 Å². The Morgan fingerprint density at radius 2 is 1.94 bits per heavy atom. The number of hydrogen-bond acceptors (Lipinski definition) is 7. The third kappa shape index (κ3) is 3.96. The van der Waals surface area contributed by atoms with Crippen LogP contribution in [0.3, 0.4) is 0 Å². The minimum absolute atomic E-state index is 0.0405. The predicted molar refractivity (Wildman–Crippen MR) is 124 cm³/mol. The van der Waals surface area contributed by atoms with E-state index in [-0.39, 0.29) is 30.1 Å². The summed E-state index contributed by atoms with van der Waals surface area (Å²) in [4.78, 5) is 38.0. The Hall–Kier alpha value is -3.92. The fraction of sp³-hybridized carbons (Fsp3) is 0.333. The molecule has 178 valence electrons. The van der Waals surface area contributed by atoms with Gasteiger partial charge in [-0.05, 0) is 43.0 Å². The predicted octanol–water partition coefficient (Wildman–Crippen LogP) is 2.62. The molecule has 10 heteroatoms. The first kappa shape index (κ1) is 23.2. The molecule has 2 atom stereocenters. The van der Waals surface area contributed by atoms with Crippen LogP contribution in [0.15, 0.2) is 54.2 Å². The summed E-state index contributed by atoms with van der Waals surface area (Å²) in [6.45, 7) is 3.69. The van der Waals surface area contributed by atoms with Crippen LogP contribution < -0.4 is 10.4 Å². The van der Waals surface area contributed by atoms with Gasteiger partial charge in [0.1, 0.15) is 5.70 Å². The molecule has 0 bridgehead atoms. The maximum Gasteiger partial charge on any atom is 0.353 e. The SMILES string of the molecule is CCC1(C)C=C(C(=O)O)NN1c1ccc([N+](=O)[O-])cc1C(=O)N1Cc2ccccc2CC1CO. The minimum Gasteiger partial charge on any atom is -0.477 e. The number of fused-ring (bicyclic) bond motifs is 1. The van der Waals surface area contributed by atoms with Crippen molar-refractivity contribution in [2.24, 2.45) is 0 Å². The Kier molecular flexibility index (Phi) is 6.01. The van der Waals surface area contributed by atoms with Gasteiger partial charge < -0.3 is 15.1 Å². The molecule has 2 aliphatic rings. The van der Waals surface area contributed by atoms with Crippen LogP contribution >= 0.6 is 0 Å². The number of aliphatic hydroxyl groups excluding tert-OH is 1. The van der Waals surface area contributed by atoms with E-state index in [2.05, 4.69) is 5.43 Å². The highest BCUT2D eigenvalue weighted by Gasteiger charge is 2.40. The highest BCUT2D eigenvalue weighted by Crippen LogP contribution is 2.37. The number of aliphatic carboxylic acids is 1. The van der Waals surface area contributed by atoms with Gasteiger partial charge >= 0.3 is 5.97 Å². The van der Waals surface area contributed by atoms with Crippen molar-refractivity contribution in [1.29, 1.82) is 0 Å². The van der Waals surface area contributed by atoms with Crippen LogP contribution in [0.5, 0.6) is 0 Å². The zero-order valence-corrected chi connectivity index (χ0v) is 18.9. The molecule has 10 nitrogen and oxygen atoms in total. The van der Waals surface area contributed by atoms with Crippen LogP contribution in [-0.2, 0) is 17.8 Å². The summed E-state index contributed by atoms with van der Waals surface area (Å²) in [5, 5.41) is 32.6. The number of carboxylic acid groups (broad SMARTS) is 1. The van der Waals surface area contributed by atoms with Gasteiger partial charge in [0.2, 0.25) is 0 Å². The summed E-state index contributed by atoms with van der Waals surface area (Å²) in [5.41, 5.74) is 4.12. The number of hydrogen-bond donors (Lipinski definition) is 3. The highest BCUT2D eigenvalue weighted by atomic mass is 16.6. The van der Waals surface area contributed by atoms with Crippen molar-refractivity contribution in [3.05, 3.63) is 81.0 Å². The normalized spacial score (nSPS) is 21.5. The summed E-state index contributed by atoms with van der Waals surface area (Å²) in [5.74, 6) is -1.62. The number of anilines is 1. The van der Waals surface area contributed by atoms with Crippen LogP contribution in [-0.4, -0.2) is 50.1 Å².